The number of anilines is 1. The molecule has 0 aromatic carbocycles. The molecule has 94 valence electrons. The van der Waals surface area contributed by atoms with Crippen LogP contribution in [0.4, 0.5) is 5.69 Å². The van der Waals surface area contributed by atoms with Crippen molar-refractivity contribution in [2.24, 2.45) is 11.8 Å². The minimum absolute atomic E-state index is 0.131. The van der Waals surface area contributed by atoms with Crippen molar-refractivity contribution in [3.63, 3.8) is 0 Å². The number of aromatic nitrogens is 2. The third kappa shape index (κ3) is 2.99. The van der Waals surface area contributed by atoms with Crippen LogP contribution in [0.3, 0.4) is 0 Å². The van der Waals surface area contributed by atoms with Gasteiger partial charge in [0.15, 0.2) is 0 Å². The van der Waals surface area contributed by atoms with Crippen LogP contribution in [-0.4, -0.2) is 33.7 Å². The van der Waals surface area contributed by atoms with E-state index in [1.165, 1.54) is 6.42 Å². The SMILES string of the molecule is CC1CC(C)CN(C(=O)Cn2cc(N)cn2)C1. The Hall–Kier alpha value is -1.52. The molecule has 2 unspecified atom stereocenters. The monoisotopic (exact) mass is 236 g/mol. The lowest BCUT2D eigenvalue weighted by Gasteiger charge is -2.35. The third-order valence-electron chi connectivity index (χ3n) is 3.17. The Morgan fingerprint density at radius 2 is 2.12 bits per heavy atom. The molecule has 1 fully saturated rings. The summed E-state index contributed by atoms with van der Waals surface area (Å²) in [5.41, 5.74) is 6.16. The maximum absolute atomic E-state index is 12.1. The van der Waals surface area contributed by atoms with Crippen LogP contribution in [-0.2, 0) is 11.3 Å². The van der Waals surface area contributed by atoms with E-state index in [2.05, 4.69) is 18.9 Å². The summed E-state index contributed by atoms with van der Waals surface area (Å²) in [6, 6.07) is 0. The van der Waals surface area contributed by atoms with Crippen molar-refractivity contribution >= 4 is 11.6 Å². The third-order valence-corrected chi connectivity index (χ3v) is 3.17. The Balaban J connectivity index is 1.95. The van der Waals surface area contributed by atoms with Crippen LogP contribution in [0.15, 0.2) is 12.4 Å². The van der Waals surface area contributed by atoms with E-state index < -0.39 is 0 Å². The lowest BCUT2D eigenvalue weighted by molar-refractivity contribution is -0.134. The van der Waals surface area contributed by atoms with Crippen molar-refractivity contribution in [1.29, 1.82) is 0 Å². The topological polar surface area (TPSA) is 64.2 Å². The number of nitrogens with zero attached hydrogens (tertiary/aromatic N) is 3. The van der Waals surface area contributed by atoms with Gasteiger partial charge in [-0.3, -0.25) is 9.48 Å². The van der Waals surface area contributed by atoms with Gasteiger partial charge in [0.2, 0.25) is 5.91 Å². The first kappa shape index (κ1) is 12.0. The number of amides is 1. The van der Waals surface area contributed by atoms with Gasteiger partial charge in [0.1, 0.15) is 6.54 Å². The van der Waals surface area contributed by atoms with Crippen molar-refractivity contribution in [3.8, 4) is 0 Å². The summed E-state index contributed by atoms with van der Waals surface area (Å²) in [4.78, 5) is 14.0. The summed E-state index contributed by atoms with van der Waals surface area (Å²) >= 11 is 0. The van der Waals surface area contributed by atoms with Gasteiger partial charge >= 0.3 is 0 Å². The van der Waals surface area contributed by atoms with Gasteiger partial charge in [-0.25, -0.2) is 0 Å². The largest absolute Gasteiger partial charge is 0.396 e. The predicted octanol–water partition coefficient (Wildman–Crippen LogP) is 0.970. The molecule has 2 atom stereocenters. The summed E-state index contributed by atoms with van der Waals surface area (Å²) in [6.07, 6.45) is 4.46. The molecule has 0 spiro atoms. The molecule has 5 nitrogen and oxygen atoms in total. The van der Waals surface area contributed by atoms with Crippen molar-refractivity contribution < 1.29 is 4.79 Å². The first-order chi connectivity index (χ1) is 8.04. The minimum Gasteiger partial charge on any atom is -0.396 e. The van der Waals surface area contributed by atoms with E-state index in [4.69, 9.17) is 5.73 Å². The number of piperidine rings is 1. The zero-order chi connectivity index (χ0) is 12.4. The van der Waals surface area contributed by atoms with E-state index in [0.29, 0.717) is 17.5 Å². The van der Waals surface area contributed by atoms with Crippen LogP contribution in [0, 0.1) is 11.8 Å². The van der Waals surface area contributed by atoms with Crippen molar-refractivity contribution in [1.82, 2.24) is 14.7 Å². The second-order valence-corrected chi connectivity index (χ2v) is 5.22. The molecule has 0 saturated carbocycles. The number of nitrogen functional groups attached to an aromatic ring is 1. The van der Waals surface area contributed by atoms with Crippen LogP contribution in [0.1, 0.15) is 20.3 Å². The summed E-state index contributed by atoms with van der Waals surface area (Å²) in [5.74, 6) is 1.31. The maximum Gasteiger partial charge on any atom is 0.244 e. The molecule has 0 bridgehead atoms. The summed E-state index contributed by atoms with van der Waals surface area (Å²) in [5, 5.41) is 4.03. The lowest BCUT2D eigenvalue weighted by atomic mass is 9.92. The fourth-order valence-corrected chi connectivity index (χ4v) is 2.57. The number of carbonyl (C=O) groups excluding carboxylic acids is 1. The average Bonchev–Trinajstić information content (AvgIpc) is 2.62. The smallest absolute Gasteiger partial charge is 0.244 e. The summed E-state index contributed by atoms with van der Waals surface area (Å²) < 4.78 is 1.60. The molecule has 17 heavy (non-hydrogen) atoms. The molecule has 1 aliphatic rings. The quantitative estimate of drug-likeness (QED) is 0.832. The second-order valence-electron chi connectivity index (χ2n) is 5.22. The first-order valence-corrected chi connectivity index (χ1v) is 6.10. The summed E-state index contributed by atoms with van der Waals surface area (Å²) in [6.45, 7) is 6.40. The van der Waals surface area contributed by atoms with E-state index in [-0.39, 0.29) is 12.5 Å². The molecule has 1 amide bonds. The highest BCUT2D eigenvalue weighted by Gasteiger charge is 2.25. The van der Waals surface area contributed by atoms with Crippen LogP contribution in [0.5, 0.6) is 0 Å². The normalized spacial score (nSPS) is 24.9. The van der Waals surface area contributed by atoms with Crippen molar-refractivity contribution in [2.45, 2.75) is 26.8 Å². The van der Waals surface area contributed by atoms with Crippen LogP contribution in [0.25, 0.3) is 0 Å². The Bertz CT molecular complexity index is 391. The highest BCUT2D eigenvalue weighted by atomic mass is 16.2. The number of likely N-dealkylation sites (tertiary alicyclic amines) is 1. The van der Waals surface area contributed by atoms with Gasteiger partial charge in [-0.15, -0.1) is 0 Å². The zero-order valence-electron chi connectivity index (χ0n) is 10.5. The Morgan fingerprint density at radius 3 is 2.65 bits per heavy atom. The van der Waals surface area contributed by atoms with Crippen molar-refractivity contribution in [2.75, 3.05) is 18.8 Å². The number of rotatable bonds is 2. The standard InChI is InChI=1S/C12H20N4O/c1-9-3-10(2)6-15(5-9)12(17)8-16-7-11(13)4-14-16/h4,7,9-10H,3,5-6,8,13H2,1-2H3. The molecule has 0 aliphatic carbocycles. The van der Waals surface area contributed by atoms with Gasteiger partial charge in [0.05, 0.1) is 11.9 Å². The van der Waals surface area contributed by atoms with Crippen molar-refractivity contribution in [3.05, 3.63) is 12.4 Å². The first-order valence-electron chi connectivity index (χ1n) is 6.10. The molecule has 5 heteroatoms. The van der Waals surface area contributed by atoms with Crippen LogP contribution < -0.4 is 5.73 Å². The van der Waals surface area contributed by atoms with Crippen LogP contribution >= 0.6 is 0 Å². The highest BCUT2D eigenvalue weighted by Crippen LogP contribution is 2.21. The van der Waals surface area contributed by atoms with E-state index in [9.17, 15) is 4.79 Å². The summed E-state index contributed by atoms with van der Waals surface area (Å²) in [7, 11) is 0. The van der Waals surface area contributed by atoms with Gasteiger partial charge < -0.3 is 10.6 Å². The van der Waals surface area contributed by atoms with Crippen LogP contribution in [0.2, 0.25) is 0 Å². The minimum atomic E-state index is 0.131. The maximum atomic E-state index is 12.1. The van der Waals surface area contributed by atoms with E-state index >= 15 is 0 Å². The van der Waals surface area contributed by atoms with Gasteiger partial charge in [-0.1, -0.05) is 13.8 Å². The number of carbonyl (C=O) groups is 1. The molecule has 0 radical (unpaired) electrons. The molecule has 2 N–H and O–H groups in total. The Morgan fingerprint density at radius 1 is 1.47 bits per heavy atom. The second kappa shape index (κ2) is 4.77. The molecule has 2 rings (SSSR count). The number of hydrogen-bond donors (Lipinski definition) is 1. The van der Waals surface area contributed by atoms with E-state index in [1.807, 2.05) is 4.90 Å². The molecular formula is C12H20N4O. The predicted molar refractivity (Wildman–Crippen MR) is 66.2 cm³/mol. The molecule has 1 saturated heterocycles. The molecule has 2 heterocycles. The number of hydrogen-bond acceptors (Lipinski definition) is 3. The van der Waals surface area contributed by atoms with Gasteiger partial charge in [-0.05, 0) is 18.3 Å². The zero-order valence-corrected chi connectivity index (χ0v) is 10.5. The average molecular weight is 236 g/mol. The molecular weight excluding hydrogens is 216 g/mol. The molecule has 1 aromatic rings. The Kier molecular flexibility index (Phi) is 3.36. The highest BCUT2D eigenvalue weighted by molar-refractivity contribution is 5.76. The Labute approximate surface area is 102 Å². The fourth-order valence-electron chi connectivity index (χ4n) is 2.57. The van der Waals surface area contributed by atoms with E-state index in [0.717, 1.165) is 13.1 Å². The molecule has 1 aliphatic heterocycles. The van der Waals surface area contributed by atoms with Gasteiger partial charge in [-0.2, -0.15) is 5.10 Å². The fraction of sp³-hybridized carbons (Fsp3) is 0.667. The molecule has 1 aromatic heterocycles. The van der Waals surface area contributed by atoms with Gasteiger partial charge in [0.25, 0.3) is 0 Å². The lowest BCUT2D eigenvalue weighted by Crippen LogP contribution is -2.44. The van der Waals surface area contributed by atoms with Gasteiger partial charge in [0, 0.05) is 19.3 Å². The number of nitrogens with two attached hydrogens (primary N) is 1. The van der Waals surface area contributed by atoms with E-state index in [1.54, 1.807) is 17.1 Å².